The zero-order valence-corrected chi connectivity index (χ0v) is 19.9. The molecule has 0 radical (unpaired) electrons. The molecule has 0 bridgehead atoms. The van der Waals surface area contributed by atoms with Crippen LogP contribution in [0.5, 0.6) is 0 Å². The highest BCUT2D eigenvalue weighted by atomic mass is 19.3. The van der Waals surface area contributed by atoms with Gasteiger partial charge in [0.1, 0.15) is 17.3 Å². The highest BCUT2D eigenvalue weighted by molar-refractivity contribution is 5.68. The van der Waals surface area contributed by atoms with Gasteiger partial charge in [-0.2, -0.15) is 0 Å². The maximum absolute atomic E-state index is 13.4. The Balaban J connectivity index is 0.000000320. The van der Waals surface area contributed by atoms with Gasteiger partial charge in [-0.25, -0.2) is 27.2 Å². The molecule has 0 saturated carbocycles. The summed E-state index contributed by atoms with van der Waals surface area (Å²) in [7, 11) is 0. The number of carbonyl (C=O) groups excluding carboxylic acids is 2. The lowest BCUT2D eigenvalue weighted by atomic mass is 9.95. The predicted octanol–water partition coefficient (Wildman–Crippen LogP) is 4.52. The van der Waals surface area contributed by atoms with E-state index in [1.807, 2.05) is 0 Å². The van der Waals surface area contributed by atoms with Crippen molar-refractivity contribution in [2.75, 3.05) is 26.2 Å². The molecule has 2 atom stereocenters. The largest absolute Gasteiger partial charge is 0.444 e. The van der Waals surface area contributed by atoms with Crippen LogP contribution in [0.3, 0.4) is 0 Å². The van der Waals surface area contributed by atoms with E-state index in [1.54, 1.807) is 41.5 Å². The highest BCUT2D eigenvalue weighted by Gasteiger charge is 2.46. The summed E-state index contributed by atoms with van der Waals surface area (Å²) in [5.41, 5.74) is -1.35. The number of nitrogens with zero attached hydrogens (tertiary/aromatic N) is 2. The fourth-order valence-electron chi connectivity index (χ4n) is 2.94. The molecular weight excluding hydrogens is 436 g/mol. The maximum atomic E-state index is 13.4. The average Bonchev–Trinajstić information content (AvgIpc) is 2.57. The van der Waals surface area contributed by atoms with Crippen molar-refractivity contribution in [3.63, 3.8) is 0 Å². The lowest BCUT2D eigenvalue weighted by Crippen LogP contribution is -2.54. The van der Waals surface area contributed by atoms with Crippen molar-refractivity contribution >= 4 is 12.2 Å². The Hall–Kier alpha value is -1.78. The van der Waals surface area contributed by atoms with Gasteiger partial charge >= 0.3 is 12.2 Å². The van der Waals surface area contributed by atoms with Crippen molar-refractivity contribution in [1.29, 1.82) is 0 Å². The van der Waals surface area contributed by atoms with Crippen molar-refractivity contribution < 1.29 is 41.7 Å². The second-order valence-corrected chi connectivity index (χ2v) is 10.3. The Labute approximate surface area is 187 Å². The number of carbonyl (C=O) groups is 2. The summed E-state index contributed by atoms with van der Waals surface area (Å²) in [6.07, 6.45) is -2.91. The minimum atomic E-state index is -3.25. The van der Waals surface area contributed by atoms with Gasteiger partial charge in [-0.15, -0.1) is 0 Å². The number of ether oxygens (including phenoxy) is 2. The molecule has 188 valence electrons. The SMILES string of the molecule is CC(C)(C)OC(=O)N1CCC(O)C(F)(F)C1.CC1CCN(C(=O)OC(C)(C)C)CC1(F)F. The van der Waals surface area contributed by atoms with E-state index in [4.69, 9.17) is 14.6 Å². The summed E-state index contributed by atoms with van der Waals surface area (Å²) in [5.74, 6) is -6.74. The third-order valence-corrected chi connectivity index (χ3v) is 4.82. The van der Waals surface area contributed by atoms with Crippen LogP contribution < -0.4 is 0 Å². The molecule has 0 spiro atoms. The van der Waals surface area contributed by atoms with Crippen LogP contribution in [0.4, 0.5) is 27.2 Å². The van der Waals surface area contributed by atoms with Gasteiger partial charge in [0.15, 0.2) is 0 Å². The summed E-state index contributed by atoms with van der Waals surface area (Å²) in [5, 5.41) is 9.04. The first kappa shape index (κ1) is 28.3. The Morgan fingerprint density at radius 3 is 1.53 bits per heavy atom. The first-order chi connectivity index (χ1) is 14.2. The molecule has 2 amide bonds. The minimum Gasteiger partial charge on any atom is -0.444 e. The van der Waals surface area contributed by atoms with Gasteiger partial charge < -0.3 is 24.4 Å². The van der Waals surface area contributed by atoms with Crippen LogP contribution in [-0.2, 0) is 9.47 Å². The van der Waals surface area contributed by atoms with E-state index in [1.165, 1.54) is 6.92 Å². The number of hydrogen-bond donors (Lipinski definition) is 1. The second-order valence-electron chi connectivity index (χ2n) is 10.3. The Morgan fingerprint density at radius 1 is 0.812 bits per heavy atom. The number of aliphatic hydroxyl groups excluding tert-OH is 1. The van der Waals surface area contributed by atoms with Crippen LogP contribution in [0, 0.1) is 5.92 Å². The van der Waals surface area contributed by atoms with Gasteiger partial charge in [0.05, 0.1) is 13.1 Å². The number of likely N-dealkylation sites (tertiary alicyclic amines) is 2. The molecule has 0 aromatic rings. The molecule has 2 heterocycles. The third-order valence-electron chi connectivity index (χ3n) is 4.82. The molecule has 0 aliphatic carbocycles. The average molecular weight is 473 g/mol. The van der Waals surface area contributed by atoms with Crippen molar-refractivity contribution in [2.45, 2.75) is 90.5 Å². The Bertz CT molecular complexity index is 606. The number of aliphatic hydroxyl groups is 1. The first-order valence-corrected chi connectivity index (χ1v) is 10.6. The van der Waals surface area contributed by atoms with Crippen molar-refractivity contribution in [1.82, 2.24) is 9.80 Å². The third kappa shape index (κ3) is 8.99. The monoisotopic (exact) mass is 472 g/mol. The van der Waals surface area contributed by atoms with Crippen LogP contribution in [0.25, 0.3) is 0 Å². The van der Waals surface area contributed by atoms with E-state index in [0.29, 0.717) is 13.0 Å². The van der Waals surface area contributed by atoms with Gasteiger partial charge in [-0.05, 0) is 54.4 Å². The van der Waals surface area contributed by atoms with E-state index in [-0.39, 0.29) is 13.0 Å². The van der Waals surface area contributed by atoms with E-state index >= 15 is 0 Å². The Kier molecular flexibility index (Phi) is 8.84. The van der Waals surface area contributed by atoms with Gasteiger partial charge in [-0.3, -0.25) is 0 Å². The number of hydrogen-bond acceptors (Lipinski definition) is 5. The predicted molar refractivity (Wildman–Crippen MR) is 110 cm³/mol. The molecule has 0 aromatic heterocycles. The molecule has 0 aromatic carbocycles. The van der Waals surface area contributed by atoms with Crippen molar-refractivity contribution in [3.05, 3.63) is 0 Å². The zero-order valence-electron chi connectivity index (χ0n) is 19.9. The van der Waals surface area contributed by atoms with Crippen LogP contribution in [-0.4, -0.2) is 82.4 Å². The van der Waals surface area contributed by atoms with Crippen LogP contribution >= 0.6 is 0 Å². The standard InChI is InChI=1S/C11H19F2NO2.C10H17F2NO3/c1-8-5-6-14(7-11(8,12)13)9(15)16-10(2,3)4;1-9(2,3)16-8(15)13-5-4-7(14)10(11,12)6-13/h8H,5-7H2,1-4H3;7,14H,4-6H2,1-3H3. The summed E-state index contributed by atoms with van der Waals surface area (Å²) in [6.45, 7) is 10.8. The molecular formula is C21H36F4N2O5. The van der Waals surface area contributed by atoms with E-state index in [9.17, 15) is 27.2 Å². The first-order valence-electron chi connectivity index (χ1n) is 10.6. The second kappa shape index (κ2) is 10.0. The maximum Gasteiger partial charge on any atom is 0.410 e. The fraction of sp³-hybridized carbons (Fsp3) is 0.905. The van der Waals surface area contributed by atoms with Gasteiger partial charge in [0, 0.05) is 19.0 Å². The number of rotatable bonds is 0. The molecule has 1 N–H and O–H groups in total. The number of alkyl halides is 4. The van der Waals surface area contributed by atoms with E-state index in [2.05, 4.69) is 0 Å². The lowest BCUT2D eigenvalue weighted by molar-refractivity contribution is -0.147. The summed E-state index contributed by atoms with van der Waals surface area (Å²) in [4.78, 5) is 25.1. The molecule has 11 heteroatoms. The van der Waals surface area contributed by atoms with Gasteiger partial charge in [0.25, 0.3) is 11.8 Å². The normalized spacial score (nSPS) is 25.4. The molecule has 2 rings (SSSR count). The van der Waals surface area contributed by atoms with Gasteiger partial charge in [-0.1, -0.05) is 6.92 Å². The van der Waals surface area contributed by atoms with Crippen molar-refractivity contribution in [2.24, 2.45) is 5.92 Å². The zero-order chi connectivity index (χ0) is 25.1. The minimum absolute atomic E-state index is 0.0890. The highest BCUT2D eigenvalue weighted by Crippen LogP contribution is 2.33. The van der Waals surface area contributed by atoms with E-state index < -0.39 is 60.3 Å². The summed E-state index contributed by atoms with van der Waals surface area (Å²) in [6, 6.07) is 0. The molecule has 2 fully saturated rings. The number of piperidine rings is 2. The summed E-state index contributed by atoms with van der Waals surface area (Å²) >= 11 is 0. The topological polar surface area (TPSA) is 79.3 Å². The van der Waals surface area contributed by atoms with E-state index in [0.717, 1.165) is 9.80 Å². The molecule has 2 saturated heterocycles. The summed E-state index contributed by atoms with van der Waals surface area (Å²) < 4.78 is 63.1. The van der Waals surface area contributed by atoms with Crippen molar-refractivity contribution in [3.8, 4) is 0 Å². The number of halogens is 4. The molecule has 32 heavy (non-hydrogen) atoms. The van der Waals surface area contributed by atoms with Crippen LogP contribution in [0.15, 0.2) is 0 Å². The lowest BCUT2D eigenvalue weighted by Gasteiger charge is -2.37. The number of amides is 2. The Morgan fingerprint density at radius 2 is 1.19 bits per heavy atom. The molecule has 2 unspecified atom stereocenters. The quantitative estimate of drug-likeness (QED) is 0.525. The molecule has 7 nitrogen and oxygen atoms in total. The smallest absolute Gasteiger partial charge is 0.410 e. The van der Waals surface area contributed by atoms with Crippen LogP contribution in [0.1, 0.15) is 61.3 Å². The molecule has 2 aliphatic rings. The molecule has 2 aliphatic heterocycles. The van der Waals surface area contributed by atoms with Crippen LogP contribution in [0.2, 0.25) is 0 Å². The van der Waals surface area contributed by atoms with Gasteiger partial charge in [0.2, 0.25) is 0 Å². The fourth-order valence-corrected chi connectivity index (χ4v) is 2.94.